The van der Waals surface area contributed by atoms with Crippen LogP contribution < -0.4 is 10.6 Å². The molecule has 0 bridgehead atoms. The normalized spacial score (nSPS) is 21.0. The lowest BCUT2D eigenvalue weighted by Gasteiger charge is -2.38. The molecule has 0 unspecified atom stereocenters. The van der Waals surface area contributed by atoms with Crippen LogP contribution in [-0.4, -0.2) is 59.7 Å². The number of anilines is 2. The highest BCUT2D eigenvalue weighted by atomic mass is 16.2. The average Bonchev–Trinajstić information content (AvgIpc) is 3.14. The number of rotatable bonds is 2. The highest BCUT2D eigenvalue weighted by Gasteiger charge is 2.33. The minimum absolute atomic E-state index is 0.0411. The zero-order valence-corrected chi connectivity index (χ0v) is 14.1. The lowest BCUT2D eigenvalue weighted by molar-refractivity contribution is -0.137. The summed E-state index contributed by atoms with van der Waals surface area (Å²) in [6.07, 6.45) is 4.53. The van der Waals surface area contributed by atoms with Crippen LogP contribution in [0.5, 0.6) is 0 Å². The summed E-state index contributed by atoms with van der Waals surface area (Å²) in [5, 5.41) is 5.77. The topological polar surface area (TPSA) is 81.8 Å². The van der Waals surface area contributed by atoms with E-state index in [1.54, 1.807) is 23.1 Å². The monoisotopic (exact) mass is 342 g/mol. The van der Waals surface area contributed by atoms with Gasteiger partial charge in [-0.05, 0) is 31.0 Å². The van der Waals surface area contributed by atoms with E-state index in [0.29, 0.717) is 30.4 Å². The summed E-state index contributed by atoms with van der Waals surface area (Å²) in [5.41, 5.74) is 1.90. The Hall–Kier alpha value is -2.57. The molecule has 1 aromatic carbocycles. The summed E-state index contributed by atoms with van der Waals surface area (Å²) < 4.78 is 0. The van der Waals surface area contributed by atoms with Gasteiger partial charge in [-0.25, -0.2) is 0 Å². The Morgan fingerprint density at radius 3 is 2.64 bits per heavy atom. The van der Waals surface area contributed by atoms with Crippen LogP contribution in [0.4, 0.5) is 11.4 Å². The van der Waals surface area contributed by atoms with Crippen molar-refractivity contribution in [2.75, 3.05) is 36.8 Å². The first-order valence-electron chi connectivity index (χ1n) is 8.88. The van der Waals surface area contributed by atoms with Crippen LogP contribution in [-0.2, 0) is 9.59 Å². The van der Waals surface area contributed by atoms with Crippen LogP contribution in [0.3, 0.4) is 0 Å². The molecule has 2 N–H and O–H groups in total. The minimum Gasteiger partial charge on any atom is -0.374 e. The van der Waals surface area contributed by atoms with Gasteiger partial charge >= 0.3 is 0 Å². The van der Waals surface area contributed by atoms with E-state index < -0.39 is 0 Å². The van der Waals surface area contributed by atoms with E-state index in [1.807, 2.05) is 4.90 Å². The number of nitrogens with one attached hydrogen (secondary N) is 2. The van der Waals surface area contributed by atoms with Crippen molar-refractivity contribution in [2.24, 2.45) is 0 Å². The highest BCUT2D eigenvalue weighted by Crippen LogP contribution is 2.28. The second-order valence-electron chi connectivity index (χ2n) is 6.91. The van der Waals surface area contributed by atoms with E-state index in [4.69, 9.17) is 0 Å². The molecule has 1 saturated heterocycles. The number of nitrogens with zero attached hydrogens (tertiary/aromatic N) is 2. The molecule has 1 saturated carbocycles. The molecule has 2 fully saturated rings. The van der Waals surface area contributed by atoms with Crippen molar-refractivity contribution in [1.29, 1.82) is 0 Å². The number of piperazine rings is 1. The fraction of sp³-hybridized carbons (Fsp3) is 0.500. The molecule has 0 radical (unpaired) electrons. The zero-order chi connectivity index (χ0) is 17.4. The van der Waals surface area contributed by atoms with Gasteiger partial charge in [0.05, 0.1) is 17.9 Å². The molecule has 0 spiro atoms. The summed E-state index contributed by atoms with van der Waals surface area (Å²) >= 11 is 0. The van der Waals surface area contributed by atoms with Crippen LogP contribution in [0.15, 0.2) is 18.2 Å². The van der Waals surface area contributed by atoms with Gasteiger partial charge in [0.1, 0.15) is 6.54 Å². The lowest BCUT2D eigenvalue weighted by Crippen LogP contribution is -2.54. The number of amides is 3. The van der Waals surface area contributed by atoms with E-state index in [-0.39, 0.29) is 30.8 Å². The van der Waals surface area contributed by atoms with Crippen LogP contribution in [0.1, 0.15) is 36.0 Å². The van der Waals surface area contributed by atoms with Gasteiger partial charge < -0.3 is 20.4 Å². The van der Waals surface area contributed by atoms with Gasteiger partial charge in [-0.1, -0.05) is 12.8 Å². The number of hydrogen-bond donors (Lipinski definition) is 2. The number of carbonyl (C=O) groups is 3. The van der Waals surface area contributed by atoms with E-state index in [2.05, 4.69) is 10.6 Å². The molecule has 1 aliphatic carbocycles. The van der Waals surface area contributed by atoms with Gasteiger partial charge in [0.25, 0.3) is 5.91 Å². The Morgan fingerprint density at radius 1 is 1.08 bits per heavy atom. The fourth-order valence-electron chi connectivity index (χ4n) is 3.95. The highest BCUT2D eigenvalue weighted by molar-refractivity contribution is 6.04. The Balaban J connectivity index is 1.46. The predicted octanol–water partition coefficient (Wildman–Crippen LogP) is 1.28. The number of hydrogen-bond acceptors (Lipinski definition) is 4. The second-order valence-corrected chi connectivity index (χ2v) is 6.91. The molecular weight excluding hydrogens is 320 g/mol. The molecule has 1 aromatic rings. The second kappa shape index (κ2) is 6.38. The maximum Gasteiger partial charge on any atom is 0.254 e. The van der Waals surface area contributed by atoms with Crippen molar-refractivity contribution in [3.8, 4) is 0 Å². The Bertz CT molecular complexity index is 727. The van der Waals surface area contributed by atoms with Crippen LogP contribution in [0, 0.1) is 0 Å². The van der Waals surface area contributed by atoms with E-state index in [1.165, 1.54) is 12.8 Å². The molecule has 7 nitrogen and oxygen atoms in total. The Labute approximate surface area is 146 Å². The average molecular weight is 342 g/mol. The molecule has 3 aliphatic rings. The lowest BCUT2D eigenvalue weighted by atomic mass is 10.1. The quantitative estimate of drug-likeness (QED) is 0.848. The molecule has 3 amide bonds. The molecule has 7 heteroatoms. The summed E-state index contributed by atoms with van der Waals surface area (Å²) in [5.74, 6) is -0.251. The molecule has 25 heavy (non-hydrogen) atoms. The molecule has 2 heterocycles. The standard InChI is InChI=1S/C18H22N4O3/c23-16-10-19-14-6-5-12(9-15(14)20-16)18(25)21-7-8-22(17(24)11-21)13-3-1-2-4-13/h5-6,9,13,19H,1-4,7-8,10-11H2,(H,20,23). The van der Waals surface area contributed by atoms with Crippen molar-refractivity contribution in [1.82, 2.24) is 9.80 Å². The number of fused-ring (bicyclic) bond motifs is 1. The van der Waals surface area contributed by atoms with Gasteiger partial charge in [0.15, 0.2) is 0 Å². The van der Waals surface area contributed by atoms with Gasteiger partial charge in [-0.2, -0.15) is 0 Å². The largest absolute Gasteiger partial charge is 0.374 e. The molecule has 0 aromatic heterocycles. The first-order chi connectivity index (χ1) is 12.1. The summed E-state index contributed by atoms with van der Waals surface area (Å²) in [7, 11) is 0. The van der Waals surface area contributed by atoms with Crippen LogP contribution >= 0.6 is 0 Å². The molecule has 0 atom stereocenters. The third kappa shape index (κ3) is 3.06. The third-order valence-corrected chi connectivity index (χ3v) is 5.29. The van der Waals surface area contributed by atoms with Crippen molar-refractivity contribution in [2.45, 2.75) is 31.7 Å². The minimum atomic E-state index is -0.165. The maximum atomic E-state index is 12.8. The van der Waals surface area contributed by atoms with Crippen molar-refractivity contribution < 1.29 is 14.4 Å². The summed E-state index contributed by atoms with van der Waals surface area (Å²) in [6, 6.07) is 5.56. The first kappa shape index (κ1) is 15.9. The van der Waals surface area contributed by atoms with E-state index in [9.17, 15) is 14.4 Å². The van der Waals surface area contributed by atoms with Gasteiger partial charge in [-0.15, -0.1) is 0 Å². The van der Waals surface area contributed by atoms with E-state index in [0.717, 1.165) is 18.5 Å². The van der Waals surface area contributed by atoms with Crippen LogP contribution in [0.25, 0.3) is 0 Å². The van der Waals surface area contributed by atoms with Gasteiger partial charge in [0.2, 0.25) is 11.8 Å². The molecule has 132 valence electrons. The Kier molecular flexibility index (Phi) is 4.07. The molecule has 4 rings (SSSR count). The number of benzene rings is 1. The SMILES string of the molecule is O=C1CNc2ccc(C(=O)N3CCN(C4CCCC4)C(=O)C3)cc2N1. The van der Waals surface area contributed by atoms with E-state index >= 15 is 0 Å². The van der Waals surface area contributed by atoms with Crippen molar-refractivity contribution in [3.05, 3.63) is 23.8 Å². The van der Waals surface area contributed by atoms with Crippen molar-refractivity contribution >= 4 is 29.1 Å². The zero-order valence-electron chi connectivity index (χ0n) is 14.1. The van der Waals surface area contributed by atoms with Crippen molar-refractivity contribution in [3.63, 3.8) is 0 Å². The Morgan fingerprint density at radius 2 is 1.88 bits per heavy atom. The number of carbonyl (C=O) groups excluding carboxylic acids is 3. The van der Waals surface area contributed by atoms with Crippen LogP contribution in [0.2, 0.25) is 0 Å². The molecular formula is C18H22N4O3. The summed E-state index contributed by atoms with van der Waals surface area (Å²) in [4.78, 5) is 40.3. The maximum absolute atomic E-state index is 12.8. The van der Waals surface area contributed by atoms with Gasteiger partial charge in [0, 0.05) is 24.7 Å². The smallest absolute Gasteiger partial charge is 0.254 e. The summed E-state index contributed by atoms with van der Waals surface area (Å²) in [6.45, 7) is 1.54. The van der Waals surface area contributed by atoms with Gasteiger partial charge in [-0.3, -0.25) is 14.4 Å². The predicted molar refractivity (Wildman–Crippen MR) is 93.4 cm³/mol. The first-order valence-corrected chi connectivity index (χ1v) is 8.88. The fourth-order valence-corrected chi connectivity index (χ4v) is 3.95. The third-order valence-electron chi connectivity index (χ3n) is 5.29. The molecule has 2 aliphatic heterocycles.